The van der Waals surface area contributed by atoms with Gasteiger partial charge in [-0.15, -0.1) is 0 Å². The first-order valence-electron chi connectivity index (χ1n) is 11.9. The van der Waals surface area contributed by atoms with Gasteiger partial charge in [-0.2, -0.15) is 0 Å². The van der Waals surface area contributed by atoms with Crippen LogP contribution in [-0.4, -0.2) is 60.9 Å². The van der Waals surface area contributed by atoms with Crippen LogP contribution < -0.4 is 16.0 Å². The zero-order chi connectivity index (χ0) is 23.5. The van der Waals surface area contributed by atoms with Crippen LogP contribution in [0.15, 0.2) is 30.3 Å². The van der Waals surface area contributed by atoms with Crippen LogP contribution in [0.5, 0.6) is 0 Å². The Hall–Kier alpha value is -2.41. The molecular weight excluding hydrogens is 404 g/mol. The summed E-state index contributed by atoms with van der Waals surface area (Å²) in [6, 6.07) is 8.21. The molecule has 1 saturated heterocycles. The Labute approximate surface area is 192 Å². The molecule has 0 aliphatic carbocycles. The van der Waals surface area contributed by atoms with Crippen molar-refractivity contribution < 1.29 is 14.4 Å². The van der Waals surface area contributed by atoms with Gasteiger partial charge >= 0.3 is 0 Å². The maximum Gasteiger partial charge on any atom is 0.245 e. The second kappa shape index (κ2) is 13.2. The van der Waals surface area contributed by atoms with Crippen LogP contribution in [-0.2, 0) is 20.8 Å². The minimum atomic E-state index is -0.719. The summed E-state index contributed by atoms with van der Waals surface area (Å²) < 4.78 is 0. The van der Waals surface area contributed by atoms with Crippen molar-refractivity contribution in [2.75, 3.05) is 20.1 Å². The quantitative estimate of drug-likeness (QED) is 0.664. The van der Waals surface area contributed by atoms with Crippen molar-refractivity contribution in [1.29, 1.82) is 0 Å². The number of hydrogen-bond donors (Lipinski definition) is 3. The van der Waals surface area contributed by atoms with Crippen LogP contribution in [0, 0.1) is 5.92 Å². The average molecular weight is 445 g/mol. The lowest BCUT2D eigenvalue weighted by atomic mass is 10.0. The number of hydrogen-bond acceptors (Lipinski definition) is 4. The van der Waals surface area contributed by atoms with Gasteiger partial charge in [0, 0.05) is 13.6 Å². The highest BCUT2D eigenvalue weighted by Crippen LogP contribution is 2.13. The van der Waals surface area contributed by atoms with Crippen LogP contribution in [0.1, 0.15) is 58.4 Å². The second-order valence-electron chi connectivity index (χ2n) is 9.23. The molecule has 2 rings (SSSR count). The van der Waals surface area contributed by atoms with Gasteiger partial charge in [-0.3, -0.25) is 14.4 Å². The van der Waals surface area contributed by atoms with E-state index >= 15 is 0 Å². The van der Waals surface area contributed by atoms with E-state index in [1.165, 1.54) is 4.90 Å². The number of rotatable bonds is 4. The lowest BCUT2D eigenvalue weighted by molar-refractivity contribution is -0.142. The zero-order valence-corrected chi connectivity index (χ0v) is 20.0. The third-order valence-electron chi connectivity index (χ3n) is 5.93. The third kappa shape index (κ3) is 8.26. The molecule has 178 valence electrons. The predicted octanol–water partition coefficient (Wildman–Crippen LogP) is 2.26. The lowest BCUT2D eigenvalue weighted by Gasteiger charge is -2.31. The molecule has 1 heterocycles. The average Bonchev–Trinajstić information content (AvgIpc) is 2.77. The van der Waals surface area contributed by atoms with E-state index in [9.17, 15) is 14.4 Å². The summed E-state index contributed by atoms with van der Waals surface area (Å²) in [6.45, 7) is 7.11. The Kier molecular flexibility index (Phi) is 10.7. The molecule has 0 bridgehead atoms. The first-order chi connectivity index (χ1) is 15.3. The molecule has 32 heavy (non-hydrogen) atoms. The Morgan fingerprint density at radius 3 is 2.28 bits per heavy atom. The fourth-order valence-corrected chi connectivity index (χ4v) is 4.04. The molecule has 0 unspecified atom stereocenters. The molecule has 0 spiro atoms. The van der Waals surface area contributed by atoms with Crippen molar-refractivity contribution in [3.8, 4) is 0 Å². The van der Waals surface area contributed by atoms with Crippen LogP contribution in [0.4, 0.5) is 0 Å². The maximum absolute atomic E-state index is 13.1. The van der Waals surface area contributed by atoms with Crippen molar-refractivity contribution in [1.82, 2.24) is 20.9 Å². The van der Waals surface area contributed by atoms with Gasteiger partial charge in [0.1, 0.15) is 12.1 Å². The van der Waals surface area contributed by atoms with E-state index in [-0.39, 0.29) is 23.6 Å². The molecule has 1 aliphatic rings. The molecule has 0 saturated carbocycles. The molecule has 3 atom stereocenters. The van der Waals surface area contributed by atoms with Crippen molar-refractivity contribution >= 4 is 17.7 Å². The molecule has 1 aliphatic heterocycles. The Morgan fingerprint density at radius 2 is 1.62 bits per heavy atom. The highest BCUT2D eigenvalue weighted by atomic mass is 16.2. The number of nitrogens with zero attached hydrogens (tertiary/aromatic N) is 1. The summed E-state index contributed by atoms with van der Waals surface area (Å²) in [7, 11) is 1.65. The van der Waals surface area contributed by atoms with Crippen LogP contribution in [0.3, 0.4) is 0 Å². The molecule has 3 N–H and O–H groups in total. The van der Waals surface area contributed by atoms with Crippen molar-refractivity contribution in [3.63, 3.8) is 0 Å². The molecule has 3 amide bonds. The van der Waals surface area contributed by atoms with Crippen LogP contribution in [0.25, 0.3) is 0 Å². The summed E-state index contributed by atoms with van der Waals surface area (Å²) >= 11 is 0. The Balaban J connectivity index is 2.17. The molecule has 0 aromatic heterocycles. The van der Waals surface area contributed by atoms with Gasteiger partial charge in [-0.1, -0.05) is 57.0 Å². The monoisotopic (exact) mass is 444 g/mol. The first kappa shape index (κ1) is 25.8. The third-order valence-corrected chi connectivity index (χ3v) is 5.93. The number of carbonyl (C=O) groups is 3. The summed E-state index contributed by atoms with van der Waals surface area (Å²) in [5.41, 5.74) is 1.07. The summed E-state index contributed by atoms with van der Waals surface area (Å²) in [4.78, 5) is 40.5. The minimum Gasteiger partial charge on any atom is -0.354 e. The zero-order valence-electron chi connectivity index (χ0n) is 20.0. The fourth-order valence-electron chi connectivity index (χ4n) is 4.04. The number of nitrogens with one attached hydrogen (secondary N) is 3. The molecule has 7 nitrogen and oxygen atoms in total. The Bertz CT molecular complexity index is 738. The van der Waals surface area contributed by atoms with Crippen LogP contribution >= 0.6 is 0 Å². The number of likely N-dealkylation sites (N-methyl/N-ethyl adjacent to an activating group) is 1. The summed E-state index contributed by atoms with van der Waals surface area (Å²) in [5.74, 6) is -0.315. The van der Waals surface area contributed by atoms with Gasteiger partial charge in [0.05, 0.1) is 6.04 Å². The molecule has 0 radical (unpaired) electrons. The normalized spacial score (nSPS) is 24.8. The fraction of sp³-hybridized carbons (Fsp3) is 0.640. The van der Waals surface area contributed by atoms with Gasteiger partial charge in [0.2, 0.25) is 17.7 Å². The van der Waals surface area contributed by atoms with Crippen LogP contribution in [0.2, 0.25) is 0 Å². The lowest BCUT2D eigenvalue weighted by Crippen LogP contribution is -2.56. The highest BCUT2D eigenvalue weighted by Gasteiger charge is 2.31. The van der Waals surface area contributed by atoms with Crippen molar-refractivity contribution in [2.24, 2.45) is 5.92 Å². The van der Waals surface area contributed by atoms with Crippen molar-refractivity contribution in [2.45, 2.75) is 77.4 Å². The molecule has 7 heteroatoms. The van der Waals surface area contributed by atoms with E-state index in [4.69, 9.17) is 0 Å². The molecule has 1 aromatic rings. The van der Waals surface area contributed by atoms with E-state index in [2.05, 4.69) is 16.0 Å². The topological polar surface area (TPSA) is 90.5 Å². The van der Waals surface area contributed by atoms with Gasteiger partial charge in [0.15, 0.2) is 0 Å². The van der Waals surface area contributed by atoms with E-state index in [0.29, 0.717) is 19.4 Å². The summed E-state index contributed by atoms with van der Waals surface area (Å²) in [5, 5.41) is 9.25. The second-order valence-corrected chi connectivity index (χ2v) is 9.23. The van der Waals surface area contributed by atoms with E-state index < -0.39 is 18.1 Å². The van der Waals surface area contributed by atoms with Gasteiger partial charge in [-0.25, -0.2) is 0 Å². The smallest absolute Gasteiger partial charge is 0.245 e. The van der Waals surface area contributed by atoms with Gasteiger partial charge < -0.3 is 20.9 Å². The SMILES string of the molecule is CC(C)C[C@@H]1C(=O)NCCCCCCN[C@@H](Cc2ccccc2)C(=O)N[C@@H](C)C(=O)N1C. The largest absolute Gasteiger partial charge is 0.354 e. The summed E-state index contributed by atoms with van der Waals surface area (Å²) in [6.07, 6.45) is 5.04. The number of benzene rings is 1. The molecule has 1 fully saturated rings. The van der Waals surface area contributed by atoms with E-state index in [1.807, 2.05) is 44.2 Å². The highest BCUT2D eigenvalue weighted by molar-refractivity contribution is 5.92. The minimum absolute atomic E-state index is 0.121. The standard InChI is InChI=1S/C25H40N4O3/c1-18(2)16-22-24(31)27-15-11-6-5-10-14-26-21(17-20-12-8-7-9-13-20)23(30)28-19(3)25(32)29(22)4/h7-9,12-13,18-19,21-22,26H,5-6,10-11,14-17H2,1-4H3,(H,27,31)(H,28,30)/t19-,21-,22+/m0/s1. The van der Waals surface area contributed by atoms with E-state index in [0.717, 1.165) is 37.8 Å². The van der Waals surface area contributed by atoms with E-state index in [1.54, 1.807) is 14.0 Å². The molecule has 1 aromatic carbocycles. The molecular formula is C25H40N4O3. The van der Waals surface area contributed by atoms with Gasteiger partial charge in [0.25, 0.3) is 0 Å². The predicted molar refractivity (Wildman–Crippen MR) is 127 cm³/mol. The van der Waals surface area contributed by atoms with Crippen molar-refractivity contribution in [3.05, 3.63) is 35.9 Å². The number of amides is 3. The van der Waals surface area contributed by atoms with Gasteiger partial charge in [-0.05, 0) is 50.6 Å². The number of carbonyl (C=O) groups excluding carboxylic acids is 3. The first-order valence-corrected chi connectivity index (χ1v) is 11.9. The maximum atomic E-state index is 13.1. The Morgan fingerprint density at radius 1 is 0.969 bits per heavy atom.